The summed E-state index contributed by atoms with van der Waals surface area (Å²) in [5, 5.41) is 0. The fourth-order valence-corrected chi connectivity index (χ4v) is 2.15. The Balaban J connectivity index is 2.13. The van der Waals surface area contributed by atoms with E-state index in [1.165, 1.54) is 6.07 Å². The van der Waals surface area contributed by atoms with Crippen LogP contribution in [0, 0.1) is 5.95 Å². The zero-order valence-electron chi connectivity index (χ0n) is 12.0. The van der Waals surface area contributed by atoms with E-state index in [1.54, 1.807) is 13.2 Å². The van der Waals surface area contributed by atoms with Crippen LogP contribution in [0.1, 0.15) is 12.5 Å². The molecule has 1 aromatic carbocycles. The van der Waals surface area contributed by atoms with Gasteiger partial charge in [-0.3, -0.25) is 0 Å². The minimum absolute atomic E-state index is 0.181. The maximum atomic E-state index is 13.2. The molecule has 1 unspecified atom stereocenters. The first-order chi connectivity index (χ1) is 9.61. The van der Waals surface area contributed by atoms with E-state index >= 15 is 0 Å². The molecule has 0 bridgehead atoms. The summed E-state index contributed by atoms with van der Waals surface area (Å²) < 4.78 is 18.5. The van der Waals surface area contributed by atoms with Gasteiger partial charge in [-0.15, -0.1) is 0 Å². The van der Waals surface area contributed by atoms with Gasteiger partial charge in [-0.2, -0.15) is 4.39 Å². The highest BCUT2D eigenvalue weighted by molar-refractivity contribution is 5.40. The predicted molar refractivity (Wildman–Crippen MR) is 78.8 cm³/mol. The van der Waals surface area contributed by atoms with Crippen molar-refractivity contribution in [1.82, 2.24) is 4.98 Å². The molecule has 0 aliphatic rings. The van der Waals surface area contributed by atoms with Gasteiger partial charge in [-0.25, -0.2) is 4.98 Å². The van der Waals surface area contributed by atoms with Crippen molar-refractivity contribution in [1.29, 1.82) is 0 Å². The molecule has 2 rings (SSSR count). The number of ether oxygens (including phenoxy) is 1. The third-order valence-electron chi connectivity index (χ3n) is 3.43. The molecule has 3 nitrogen and oxygen atoms in total. The molecule has 0 fully saturated rings. The molecule has 0 aliphatic carbocycles. The molecule has 1 aromatic heterocycles. The number of likely N-dealkylation sites (N-methyl/N-ethyl adjacent to an activating group) is 1. The Morgan fingerprint density at radius 1 is 1.20 bits per heavy atom. The van der Waals surface area contributed by atoms with E-state index in [0.717, 1.165) is 17.7 Å². The number of nitrogens with zero attached hydrogens (tertiary/aromatic N) is 2. The van der Waals surface area contributed by atoms with Gasteiger partial charge >= 0.3 is 0 Å². The second kappa shape index (κ2) is 6.37. The van der Waals surface area contributed by atoms with Gasteiger partial charge < -0.3 is 9.64 Å². The molecule has 0 amide bonds. The van der Waals surface area contributed by atoms with Crippen LogP contribution in [0.5, 0.6) is 5.75 Å². The van der Waals surface area contributed by atoms with Crippen LogP contribution in [-0.2, 0) is 6.42 Å². The number of benzene rings is 1. The topological polar surface area (TPSA) is 25.4 Å². The number of aromatic nitrogens is 1. The minimum atomic E-state index is -0.459. The monoisotopic (exact) mass is 274 g/mol. The van der Waals surface area contributed by atoms with Crippen LogP contribution in [-0.4, -0.2) is 25.2 Å². The van der Waals surface area contributed by atoms with E-state index < -0.39 is 5.95 Å². The summed E-state index contributed by atoms with van der Waals surface area (Å²) in [4.78, 5) is 5.87. The third kappa shape index (κ3) is 3.26. The van der Waals surface area contributed by atoms with Gasteiger partial charge in [-0.1, -0.05) is 24.3 Å². The van der Waals surface area contributed by atoms with E-state index in [4.69, 9.17) is 4.74 Å². The van der Waals surface area contributed by atoms with Crippen LogP contribution in [0.15, 0.2) is 42.5 Å². The summed E-state index contributed by atoms with van der Waals surface area (Å²) in [6, 6.07) is 12.9. The number of halogens is 1. The summed E-state index contributed by atoms with van der Waals surface area (Å²) in [6.07, 6.45) is 0.804. The molecule has 1 heterocycles. The zero-order chi connectivity index (χ0) is 14.5. The van der Waals surface area contributed by atoms with Crippen molar-refractivity contribution in [2.75, 3.05) is 19.1 Å². The van der Waals surface area contributed by atoms with Crippen molar-refractivity contribution < 1.29 is 9.13 Å². The van der Waals surface area contributed by atoms with E-state index in [1.807, 2.05) is 42.3 Å². The van der Waals surface area contributed by atoms with Crippen LogP contribution in [0.25, 0.3) is 0 Å². The molecule has 106 valence electrons. The van der Waals surface area contributed by atoms with Gasteiger partial charge in [0.1, 0.15) is 11.6 Å². The summed E-state index contributed by atoms with van der Waals surface area (Å²) in [5.41, 5.74) is 1.13. The number of anilines is 1. The number of para-hydroxylation sites is 1. The standard InChI is InChI=1S/C16H19FN2O/c1-12(11-13-7-4-5-8-14(13)20-3)19(2)16-10-6-9-15(17)18-16/h4-10,12H,11H2,1-3H3. The fourth-order valence-electron chi connectivity index (χ4n) is 2.15. The maximum Gasteiger partial charge on any atom is 0.214 e. The minimum Gasteiger partial charge on any atom is -0.496 e. The second-order valence-corrected chi connectivity index (χ2v) is 4.79. The number of hydrogen-bond donors (Lipinski definition) is 0. The van der Waals surface area contributed by atoms with Crippen molar-refractivity contribution in [2.24, 2.45) is 0 Å². The Labute approximate surface area is 119 Å². The molecule has 0 aliphatic heterocycles. The Hall–Kier alpha value is -2.10. The lowest BCUT2D eigenvalue weighted by Gasteiger charge is -2.26. The summed E-state index contributed by atoms with van der Waals surface area (Å²) in [6.45, 7) is 2.08. The number of hydrogen-bond acceptors (Lipinski definition) is 3. The van der Waals surface area contributed by atoms with E-state index in [0.29, 0.717) is 5.82 Å². The van der Waals surface area contributed by atoms with Crippen LogP contribution >= 0.6 is 0 Å². The molecule has 0 spiro atoms. The Morgan fingerprint density at radius 3 is 2.65 bits per heavy atom. The summed E-state index contributed by atoms with van der Waals surface area (Å²) in [7, 11) is 3.59. The van der Waals surface area contributed by atoms with E-state index in [2.05, 4.69) is 11.9 Å². The average Bonchev–Trinajstić information content (AvgIpc) is 2.47. The molecule has 0 saturated carbocycles. The first kappa shape index (κ1) is 14.3. The molecule has 0 radical (unpaired) electrons. The summed E-state index contributed by atoms with van der Waals surface area (Å²) in [5.74, 6) is 1.05. The highest BCUT2D eigenvalue weighted by Crippen LogP contribution is 2.22. The number of rotatable bonds is 5. The highest BCUT2D eigenvalue weighted by atomic mass is 19.1. The lowest BCUT2D eigenvalue weighted by Crippen LogP contribution is -2.31. The molecule has 1 atom stereocenters. The van der Waals surface area contributed by atoms with Crippen molar-refractivity contribution >= 4 is 5.82 Å². The SMILES string of the molecule is COc1ccccc1CC(C)N(C)c1cccc(F)n1. The smallest absolute Gasteiger partial charge is 0.214 e. The average molecular weight is 274 g/mol. The predicted octanol–water partition coefficient (Wildman–Crippen LogP) is 3.30. The van der Waals surface area contributed by atoms with E-state index in [9.17, 15) is 4.39 Å². The molecule has 0 saturated heterocycles. The van der Waals surface area contributed by atoms with Crippen LogP contribution in [0.2, 0.25) is 0 Å². The first-order valence-corrected chi connectivity index (χ1v) is 6.59. The zero-order valence-corrected chi connectivity index (χ0v) is 12.0. The van der Waals surface area contributed by atoms with Crippen LogP contribution in [0.3, 0.4) is 0 Å². The van der Waals surface area contributed by atoms with Gasteiger partial charge in [0.2, 0.25) is 5.95 Å². The van der Waals surface area contributed by atoms with Gasteiger partial charge in [0.05, 0.1) is 7.11 Å². The normalized spacial score (nSPS) is 12.0. The number of methoxy groups -OCH3 is 1. The summed E-state index contributed by atoms with van der Waals surface area (Å²) >= 11 is 0. The number of pyridine rings is 1. The Bertz CT molecular complexity index is 574. The molecule has 0 N–H and O–H groups in total. The van der Waals surface area contributed by atoms with Crippen LogP contribution in [0.4, 0.5) is 10.2 Å². The van der Waals surface area contributed by atoms with Crippen molar-refractivity contribution in [3.63, 3.8) is 0 Å². The largest absolute Gasteiger partial charge is 0.496 e. The highest BCUT2D eigenvalue weighted by Gasteiger charge is 2.14. The van der Waals surface area contributed by atoms with E-state index in [-0.39, 0.29) is 6.04 Å². The maximum absolute atomic E-state index is 13.2. The fraction of sp³-hybridized carbons (Fsp3) is 0.312. The van der Waals surface area contributed by atoms with Gasteiger partial charge in [0.15, 0.2) is 0 Å². The molecular formula is C16H19FN2O. The molecule has 4 heteroatoms. The molecule has 2 aromatic rings. The van der Waals surface area contributed by atoms with Gasteiger partial charge in [0, 0.05) is 13.1 Å². The van der Waals surface area contributed by atoms with Crippen LogP contribution < -0.4 is 9.64 Å². The van der Waals surface area contributed by atoms with Gasteiger partial charge in [0.25, 0.3) is 0 Å². The third-order valence-corrected chi connectivity index (χ3v) is 3.43. The van der Waals surface area contributed by atoms with Gasteiger partial charge in [-0.05, 0) is 37.1 Å². The lowest BCUT2D eigenvalue weighted by molar-refractivity contribution is 0.408. The van der Waals surface area contributed by atoms with Crippen molar-refractivity contribution in [2.45, 2.75) is 19.4 Å². The quantitative estimate of drug-likeness (QED) is 0.782. The van der Waals surface area contributed by atoms with Crippen molar-refractivity contribution in [3.05, 3.63) is 54.0 Å². The van der Waals surface area contributed by atoms with Crippen molar-refractivity contribution in [3.8, 4) is 5.75 Å². The first-order valence-electron chi connectivity index (χ1n) is 6.59. The Morgan fingerprint density at radius 2 is 1.95 bits per heavy atom. The second-order valence-electron chi connectivity index (χ2n) is 4.79. The Kier molecular flexibility index (Phi) is 4.56. The lowest BCUT2D eigenvalue weighted by atomic mass is 10.1. The molecule has 20 heavy (non-hydrogen) atoms. The molecular weight excluding hydrogens is 255 g/mol.